The summed E-state index contributed by atoms with van der Waals surface area (Å²) in [6.45, 7) is 0. The van der Waals surface area contributed by atoms with Crippen molar-refractivity contribution in [2.45, 2.75) is 76.0 Å². The molecule has 0 bridgehead atoms. The molecule has 169 valence electrons. The quantitative estimate of drug-likeness (QED) is 0.265. The maximum Gasteiger partial charge on any atom is 0 e. The molecule has 2 aliphatic rings. The van der Waals surface area contributed by atoms with E-state index in [2.05, 4.69) is 72.8 Å². The molecule has 2 saturated carbocycles. The van der Waals surface area contributed by atoms with Crippen molar-refractivity contribution >= 4 is 21.5 Å². The van der Waals surface area contributed by atoms with Gasteiger partial charge in [0.05, 0.1) is 0 Å². The van der Waals surface area contributed by atoms with E-state index in [-0.39, 0.29) is 16.8 Å². The molecule has 0 unspecified atom stereocenters. The first kappa shape index (κ1) is 22.4. The first-order chi connectivity index (χ1) is 14.9. The molecule has 0 saturated heterocycles. The molecule has 0 N–H and O–H groups in total. The van der Waals surface area contributed by atoms with Gasteiger partial charge in [-0.3, -0.25) is 0 Å². The Kier molecular flexibility index (Phi) is 7.69. The van der Waals surface area contributed by atoms with E-state index in [9.17, 15) is 0 Å². The van der Waals surface area contributed by atoms with Crippen LogP contribution in [0.2, 0.25) is 0 Å². The van der Waals surface area contributed by atoms with Gasteiger partial charge in [0, 0.05) is 16.8 Å². The molecule has 0 spiro atoms. The van der Waals surface area contributed by atoms with Gasteiger partial charge in [0.2, 0.25) is 0 Å². The summed E-state index contributed by atoms with van der Waals surface area (Å²) >= 11 is 0. The third kappa shape index (κ3) is 4.99. The van der Waals surface area contributed by atoms with Gasteiger partial charge >= 0.3 is 0 Å². The predicted molar refractivity (Wildman–Crippen MR) is 131 cm³/mol. The second-order valence-corrected chi connectivity index (χ2v) is 9.42. The average molecular weight is 454 g/mol. The fourth-order valence-corrected chi connectivity index (χ4v) is 5.89. The Morgan fingerprint density at radius 2 is 1.39 bits per heavy atom. The van der Waals surface area contributed by atoms with Crippen molar-refractivity contribution in [3.8, 4) is 0 Å². The molecule has 0 amide bonds. The monoisotopic (exact) mass is 453 g/mol. The van der Waals surface area contributed by atoms with Crippen LogP contribution in [0.1, 0.15) is 87.2 Å². The molecule has 1 heteroatoms. The third-order valence-corrected chi connectivity index (χ3v) is 7.52. The topological polar surface area (TPSA) is 0 Å². The molecule has 1 radical (unpaired) electrons. The summed E-state index contributed by atoms with van der Waals surface area (Å²) < 4.78 is 0. The van der Waals surface area contributed by atoms with Gasteiger partial charge in [-0.25, -0.2) is 0 Å². The van der Waals surface area contributed by atoms with Crippen molar-refractivity contribution < 1.29 is 16.8 Å². The van der Waals surface area contributed by atoms with Crippen LogP contribution in [0.4, 0.5) is 0 Å². The Bertz CT molecular complexity index is 982. The zero-order valence-corrected chi connectivity index (χ0v) is 19.5. The number of hydrogen-bond donors (Lipinski definition) is 0. The average Bonchev–Trinajstić information content (AvgIpc) is 3.45. The third-order valence-electron chi connectivity index (χ3n) is 7.52. The summed E-state index contributed by atoms with van der Waals surface area (Å²) in [5.41, 5.74) is 3.20. The van der Waals surface area contributed by atoms with Gasteiger partial charge in [-0.1, -0.05) is 56.8 Å². The summed E-state index contributed by atoms with van der Waals surface area (Å²) in [6, 6.07) is 26.8. The molecular weight excluding hydrogens is 419 g/mol. The largest absolute Gasteiger partial charge is 0.639 e. The summed E-state index contributed by atoms with van der Waals surface area (Å²) in [5, 5.41) is 5.81. The Balaban J connectivity index is 0.000000144. The van der Waals surface area contributed by atoms with Crippen molar-refractivity contribution in [3.63, 3.8) is 0 Å². The first-order valence-electron chi connectivity index (χ1n) is 12.2. The zero-order valence-electron chi connectivity index (χ0n) is 18.5. The van der Waals surface area contributed by atoms with Crippen LogP contribution in [0.25, 0.3) is 21.5 Å². The minimum absolute atomic E-state index is 0. The standard InChI is InChI=1S/2C15H17.Co/c2*1-2-6-12(7-3-1)15-11-10-13-8-4-5-9-14(13)15;/h2*4-5,8-12H,1-3,6-7H2;/q-5;-1;. The zero-order chi connectivity index (χ0) is 20.2. The van der Waals surface area contributed by atoms with Crippen LogP contribution in [0.3, 0.4) is 0 Å². The normalized spacial score (nSPS) is 17.8. The molecular formula is C30H34Co-6. The Hall–Kier alpha value is -1.83. The van der Waals surface area contributed by atoms with E-state index in [0.717, 1.165) is 11.8 Å². The minimum atomic E-state index is 0. The van der Waals surface area contributed by atoms with Crippen molar-refractivity contribution in [2.75, 3.05) is 0 Å². The summed E-state index contributed by atoms with van der Waals surface area (Å²) in [7, 11) is 0. The van der Waals surface area contributed by atoms with E-state index in [1.165, 1.54) is 85.8 Å². The van der Waals surface area contributed by atoms with Crippen LogP contribution in [0, 0.1) is 0 Å². The van der Waals surface area contributed by atoms with Gasteiger partial charge in [0.25, 0.3) is 0 Å². The fourth-order valence-electron chi connectivity index (χ4n) is 5.89. The van der Waals surface area contributed by atoms with E-state index in [4.69, 9.17) is 0 Å². The van der Waals surface area contributed by atoms with Crippen molar-refractivity contribution in [2.24, 2.45) is 0 Å². The van der Waals surface area contributed by atoms with Crippen molar-refractivity contribution in [1.82, 2.24) is 0 Å². The van der Waals surface area contributed by atoms with Crippen molar-refractivity contribution in [3.05, 3.63) is 83.9 Å². The molecule has 0 aliphatic heterocycles. The maximum atomic E-state index is 2.35. The number of benzene rings is 2. The molecule has 6 rings (SSSR count). The van der Waals surface area contributed by atoms with Gasteiger partial charge in [-0.05, 0) is 18.8 Å². The number of fused-ring (bicyclic) bond motifs is 2. The van der Waals surface area contributed by atoms with Gasteiger partial charge in [-0.2, -0.15) is 12.0 Å². The SMILES string of the molecule is [Co].c1cc[c-]2[c-](C3CCCCC3)[cH-][cH-][c-]2c1.c1cc[c-]2c(C3CCCCC3)ccc2c1. The molecule has 31 heavy (non-hydrogen) atoms. The summed E-state index contributed by atoms with van der Waals surface area (Å²) in [6.07, 6.45) is 14.1. The van der Waals surface area contributed by atoms with Crippen LogP contribution in [0.15, 0.2) is 72.8 Å². The van der Waals surface area contributed by atoms with Crippen LogP contribution in [-0.2, 0) is 16.8 Å². The summed E-state index contributed by atoms with van der Waals surface area (Å²) in [4.78, 5) is 0. The van der Waals surface area contributed by atoms with Crippen molar-refractivity contribution in [1.29, 1.82) is 0 Å². The van der Waals surface area contributed by atoms with Gasteiger partial charge in [0.1, 0.15) is 0 Å². The molecule has 2 aliphatic carbocycles. The molecule has 0 heterocycles. The minimum Gasteiger partial charge on any atom is -0.639 e. The molecule has 4 aromatic carbocycles. The Morgan fingerprint density at radius 1 is 0.677 bits per heavy atom. The van der Waals surface area contributed by atoms with Crippen LogP contribution >= 0.6 is 0 Å². The van der Waals surface area contributed by atoms with Gasteiger partial charge in [-0.15, -0.1) is 41.3 Å². The molecule has 0 aromatic heterocycles. The van der Waals surface area contributed by atoms with Gasteiger partial charge in [0.15, 0.2) is 0 Å². The fraction of sp³-hybridized carbons (Fsp3) is 0.400. The van der Waals surface area contributed by atoms with Crippen LogP contribution in [-0.4, -0.2) is 0 Å². The molecule has 0 nitrogen and oxygen atoms in total. The molecule has 2 fully saturated rings. The maximum absolute atomic E-state index is 2.35. The van der Waals surface area contributed by atoms with E-state index in [1.807, 2.05) is 0 Å². The van der Waals surface area contributed by atoms with Crippen LogP contribution < -0.4 is 0 Å². The van der Waals surface area contributed by atoms with E-state index in [0.29, 0.717) is 0 Å². The first-order valence-corrected chi connectivity index (χ1v) is 12.2. The molecule has 4 aromatic rings. The second-order valence-electron chi connectivity index (χ2n) is 9.42. The van der Waals surface area contributed by atoms with E-state index >= 15 is 0 Å². The van der Waals surface area contributed by atoms with Gasteiger partial charge < -0.3 is 52.7 Å². The van der Waals surface area contributed by atoms with E-state index < -0.39 is 0 Å². The smallest absolute Gasteiger partial charge is 0 e. The predicted octanol–water partition coefficient (Wildman–Crippen LogP) is 9.21. The molecule has 0 atom stereocenters. The van der Waals surface area contributed by atoms with Crippen LogP contribution in [0.5, 0.6) is 0 Å². The number of rotatable bonds is 2. The number of hydrogen-bond acceptors (Lipinski definition) is 0. The summed E-state index contributed by atoms with van der Waals surface area (Å²) in [5.74, 6) is 1.66. The second kappa shape index (κ2) is 10.7. The van der Waals surface area contributed by atoms with E-state index in [1.54, 1.807) is 11.1 Å². The Morgan fingerprint density at radius 3 is 2.19 bits per heavy atom. The Labute approximate surface area is 198 Å².